The van der Waals surface area contributed by atoms with Crippen molar-refractivity contribution in [3.05, 3.63) is 29.8 Å². The number of carbonyl (C=O) groups excluding carboxylic acids is 5. The Morgan fingerprint density at radius 1 is 0.789 bits per heavy atom. The zero-order chi connectivity index (χ0) is 29.0. The van der Waals surface area contributed by atoms with Gasteiger partial charge >= 0.3 is 5.97 Å². The Morgan fingerprint density at radius 2 is 1.29 bits per heavy atom. The summed E-state index contributed by atoms with van der Waals surface area (Å²) in [6, 6.07) is 1.05. The number of carboxylic acid groups (broad SMARTS) is 1. The Hall–Kier alpha value is -4.20. The van der Waals surface area contributed by atoms with Gasteiger partial charge < -0.3 is 43.4 Å². The average molecular weight is 537 g/mol. The zero-order valence-corrected chi connectivity index (χ0v) is 21.3. The number of amides is 5. The van der Waals surface area contributed by atoms with E-state index in [1.165, 1.54) is 12.1 Å². The third kappa shape index (κ3) is 11.2. The molecule has 4 unspecified atom stereocenters. The molecule has 210 valence electrons. The van der Waals surface area contributed by atoms with Gasteiger partial charge in [0.2, 0.25) is 29.5 Å². The molecule has 0 saturated carbocycles. The molecule has 1 aromatic carbocycles. The number of primary amides is 2. The molecule has 0 spiro atoms. The van der Waals surface area contributed by atoms with E-state index in [-0.39, 0.29) is 37.9 Å². The molecular weight excluding hydrogens is 500 g/mol. The van der Waals surface area contributed by atoms with Crippen molar-refractivity contribution in [2.24, 2.45) is 23.1 Å². The molecule has 1 rings (SSSR count). The van der Waals surface area contributed by atoms with E-state index in [0.717, 1.165) is 0 Å². The van der Waals surface area contributed by atoms with Crippen molar-refractivity contribution >= 4 is 35.5 Å². The van der Waals surface area contributed by atoms with E-state index in [9.17, 15) is 39.0 Å². The maximum Gasteiger partial charge on any atom is 0.326 e. The Kier molecular flexibility index (Phi) is 12.7. The largest absolute Gasteiger partial charge is 0.508 e. The second kappa shape index (κ2) is 15.1. The lowest BCUT2D eigenvalue weighted by molar-refractivity contribution is -0.143. The predicted octanol–water partition coefficient (Wildman–Crippen LogP) is -2.01. The zero-order valence-electron chi connectivity index (χ0n) is 21.3. The summed E-state index contributed by atoms with van der Waals surface area (Å²) < 4.78 is 0. The van der Waals surface area contributed by atoms with Crippen LogP contribution in [-0.2, 0) is 35.2 Å². The van der Waals surface area contributed by atoms with Gasteiger partial charge in [0.25, 0.3) is 0 Å². The summed E-state index contributed by atoms with van der Waals surface area (Å²) in [7, 11) is 0. The molecule has 14 heteroatoms. The molecule has 0 aliphatic heterocycles. The van der Waals surface area contributed by atoms with Gasteiger partial charge in [0.15, 0.2) is 0 Å². The molecule has 1 aromatic rings. The fraction of sp³-hybridized carbons (Fsp3) is 0.500. The Morgan fingerprint density at radius 3 is 1.76 bits per heavy atom. The first-order valence-corrected chi connectivity index (χ1v) is 11.9. The molecule has 5 amide bonds. The number of hydrogen-bond acceptors (Lipinski definition) is 8. The summed E-state index contributed by atoms with van der Waals surface area (Å²) >= 11 is 0. The van der Waals surface area contributed by atoms with Crippen molar-refractivity contribution < 1.29 is 39.0 Å². The fourth-order valence-electron chi connectivity index (χ4n) is 3.41. The molecule has 0 radical (unpaired) electrons. The highest BCUT2D eigenvalue weighted by atomic mass is 16.4. The molecule has 11 N–H and O–H groups in total. The topological polar surface area (TPSA) is 257 Å². The lowest BCUT2D eigenvalue weighted by Gasteiger charge is -2.27. The summed E-state index contributed by atoms with van der Waals surface area (Å²) in [5.41, 5.74) is 16.9. The maximum absolute atomic E-state index is 13.1. The van der Waals surface area contributed by atoms with Crippen molar-refractivity contribution in [1.82, 2.24) is 16.0 Å². The van der Waals surface area contributed by atoms with Crippen LogP contribution in [0.4, 0.5) is 0 Å². The number of benzene rings is 1. The van der Waals surface area contributed by atoms with Crippen molar-refractivity contribution in [3.8, 4) is 5.75 Å². The lowest BCUT2D eigenvalue weighted by Crippen LogP contribution is -2.58. The van der Waals surface area contributed by atoms with E-state index in [4.69, 9.17) is 17.2 Å². The number of nitrogens with two attached hydrogens (primary N) is 3. The molecule has 0 aliphatic rings. The summed E-state index contributed by atoms with van der Waals surface area (Å²) in [5, 5.41) is 26.0. The first-order valence-electron chi connectivity index (χ1n) is 11.9. The van der Waals surface area contributed by atoms with E-state index < -0.39 is 65.6 Å². The number of aromatic hydroxyl groups is 1. The van der Waals surface area contributed by atoms with Gasteiger partial charge in [-0.15, -0.1) is 0 Å². The molecule has 14 nitrogen and oxygen atoms in total. The number of carboxylic acids is 1. The van der Waals surface area contributed by atoms with E-state index >= 15 is 0 Å². The van der Waals surface area contributed by atoms with E-state index in [2.05, 4.69) is 16.0 Å². The fourth-order valence-corrected chi connectivity index (χ4v) is 3.41. The standard InChI is InChI=1S/C24H36N6O8/c1-12(2)20(23(36)29-17(24(37)38)8-10-19(27)33)30-22(35)16(7-9-18(26)32)28-21(34)15(25)11-13-3-5-14(31)6-4-13/h3-6,12,15-17,20,31H,7-11,25H2,1-2H3,(H2,26,32)(H2,27,33)(H,28,34)(H,29,36)(H,30,35)(H,37,38). The van der Waals surface area contributed by atoms with Gasteiger partial charge in [-0.1, -0.05) is 26.0 Å². The maximum atomic E-state index is 13.1. The van der Waals surface area contributed by atoms with Gasteiger partial charge in [-0.25, -0.2) is 4.79 Å². The van der Waals surface area contributed by atoms with E-state index in [1.807, 2.05) is 0 Å². The van der Waals surface area contributed by atoms with Gasteiger partial charge in [-0.3, -0.25) is 24.0 Å². The molecule has 38 heavy (non-hydrogen) atoms. The van der Waals surface area contributed by atoms with Crippen molar-refractivity contribution in [3.63, 3.8) is 0 Å². The lowest BCUT2D eigenvalue weighted by atomic mass is 10.0. The normalized spacial score (nSPS) is 14.0. The third-order valence-electron chi connectivity index (χ3n) is 5.58. The van der Waals surface area contributed by atoms with E-state index in [1.54, 1.807) is 26.0 Å². The van der Waals surface area contributed by atoms with Crippen LogP contribution in [0, 0.1) is 5.92 Å². The molecule has 0 saturated heterocycles. The van der Waals surface area contributed by atoms with Gasteiger partial charge in [-0.05, 0) is 42.9 Å². The summed E-state index contributed by atoms with van der Waals surface area (Å²) in [4.78, 5) is 72.4. The molecule has 4 atom stereocenters. The molecule has 0 aromatic heterocycles. The van der Waals surface area contributed by atoms with Gasteiger partial charge in [-0.2, -0.15) is 0 Å². The first-order chi connectivity index (χ1) is 17.7. The molecule has 0 fully saturated rings. The van der Waals surface area contributed by atoms with Gasteiger partial charge in [0.05, 0.1) is 6.04 Å². The van der Waals surface area contributed by atoms with Crippen LogP contribution in [0.2, 0.25) is 0 Å². The number of carbonyl (C=O) groups is 6. The number of rotatable bonds is 16. The van der Waals surface area contributed by atoms with Crippen molar-refractivity contribution in [2.45, 2.75) is 70.1 Å². The summed E-state index contributed by atoms with van der Waals surface area (Å²) in [5.74, 6) is -5.65. The number of aliphatic carboxylic acids is 1. The van der Waals surface area contributed by atoms with Gasteiger partial charge in [0, 0.05) is 12.8 Å². The number of nitrogens with one attached hydrogen (secondary N) is 3. The van der Waals surface area contributed by atoms with Crippen LogP contribution in [-0.4, -0.2) is 69.9 Å². The number of hydrogen-bond donors (Lipinski definition) is 8. The molecule has 0 aliphatic carbocycles. The highest BCUT2D eigenvalue weighted by molar-refractivity contribution is 5.94. The second-order valence-corrected chi connectivity index (χ2v) is 9.18. The van der Waals surface area contributed by atoms with Crippen LogP contribution in [0.1, 0.15) is 45.1 Å². The van der Waals surface area contributed by atoms with Crippen LogP contribution < -0.4 is 33.2 Å². The minimum atomic E-state index is -1.42. The van der Waals surface area contributed by atoms with Crippen LogP contribution in [0.25, 0.3) is 0 Å². The summed E-state index contributed by atoms with van der Waals surface area (Å²) in [6.45, 7) is 3.21. The van der Waals surface area contributed by atoms with Crippen molar-refractivity contribution in [2.75, 3.05) is 0 Å². The Bertz CT molecular complexity index is 1010. The van der Waals surface area contributed by atoms with E-state index in [0.29, 0.717) is 5.56 Å². The van der Waals surface area contributed by atoms with Crippen LogP contribution in [0.5, 0.6) is 5.75 Å². The summed E-state index contributed by atoms with van der Waals surface area (Å²) in [6.07, 6.45) is -0.859. The minimum absolute atomic E-state index is 0.0428. The number of phenols is 1. The molecular formula is C24H36N6O8. The second-order valence-electron chi connectivity index (χ2n) is 9.18. The van der Waals surface area contributed by atoms with Crippen LogP contribution in [0.15, 0.2) is 24.3 Å². The quantitative estimate of drug-likeness (QED) is 0.116. The first kappa shape index (κ1) is 31.8. The minimum Gasteiger partial charge on any atom is -0.508 e. The predicted molar refractivity (Wildman–Crippen MR) is 135 cm³/mol. The molecule has 0 bridgehead atoms. The Labute approximate surface area is 219 Å². The smallest absolute Gasteiger partial charge is 0.326 e. The monoisotopic (exact) mass is 536 g/mol. The highest BCUT2D eigenvalue weighted by Gasteiger charge is 2.32. The van der Waals surface area contributed by atoms with Gasteiger partial charge in [0.1, 0.15) is 23.9 Å². The number of phenolic OH excluding ortho intramolecular Hbond substituents is 1. The Balaban J connectivity index is 2.96. The van der Waals surface area contributed by atoms with Crippen LogP contribution in [0.3, 0.4) is 0 Å². The SMILES string of the molecule is CC(C)C(NC(=O)C(CCC(N)=O)NC(=O)C(N)Cc1ccc(O)cc1)C(=O)NC(CCC(N)=O)C(=O)O. The third-order valence-corrected chi connectivity index (χ3v) is 5.58. The average Bonchev–Trinajstić information content (AvgIpc) is 2.82. The highest BCUT2D eigenvalue weighted by Crippen LogP contribution is 2.11. The van der Waals surface area contributed by atoms with Crippen LogP contribution >= 0.6 is 0 Å². The van der Waals surface area contributed by atoms with Crippen molar-refractivity contribution in [1.29, 1.82) is 0 Å². The molecule has 0 heterocycles.